The van der Waals surface area contributed by atoms with E-state index in [0.29, 0.717) is 0 Å². The minimum atomic E-state index is 0. The van der Waals surface area contributed by atoms with Gasteiger partial charge in [0.2, 0.25) is 0 Å². The molecule has 0 amide bonds. The maximum absolute atomic E-state index is 2.47. The lowest BCUT2D eigenvalue weighted by atomic mass is 10.1. The van der Waals surface area contributed by atoms with Gasteiger partial charge in [-0.2, -0.15) is 0 Å². The van der Waals surface area contributed by atoms with Gasteiger partial charge in [-0.25, -0.2) is 9.13 Å². The summed E-state index contributed by atoms with van der Waals surface area (Å²) < 4.78 is 4.91. The van der Waals surface area contributed by atoms with Crippen LogP contribution in [0, 0.1) is 0 Å². The molecule has 170 valence electrons. The van der Waals surface area contributed by atoms with Crippen molar-refractivity contribution in [2.45, 2.75) is 103 Å². The van der Waals surface area contributed by atoms with Crippen molar-refractivity contribution in [3.05, 3.63) is 42.7 Å². The Morgan fingerprint density at radius 3 is 2.00 bits per heavy atom. The van der Waals surface area contributed by atoms with Crippen LogP contribution in [0.25, 0.3) is 11.4 Å². The summed E-state index contributed by atoms with van der Waals surface area (Å²) in [6, 6.07) is 10.9. The summed E-state index contributed by atoms with van der Waals surface area (Å²) in [5.74, 6) is 3.67. The Morgan fingerprint density at radius 2 is 1.37 bits per heavy atom. The smallest absolute Gasteiger partial charge is 0.289 e. The first kappa shape index (κ1) is 27.1. The highest BCUT2D eigenvalue weighted by atomic mass is 35.5. The molecule has 1 aromatic carbocycles. The third-order valence-corrected chi connectivity index (χ3v) is 6.67. The van der Waals surface area contributed by atoms with Crippen molar-refractivity contribution in [2.24, 2.45) is 0 Å². The van der Waals surface area contributed by atoms with E-state index in [1.54, 1.807) is 0 Å². The standard InChI is InChI=1S/C26H43N2S.ClH/c1-3-5-7-8-9-10-11-12-13-17-20-27-21-22-28(24-29-23-6-4-2)26(27)25-18-15-14-16-19-25;/h14-16,18-19,21-22H,3-13,17,20,23-24H2,1-2H3;1H/q+1;/p-1. The van der Waals surface area contributed by atoms with E-state index in [2.05, 4.69) is 65.7 Å². The normalized spacial score (nSPS) is 10.9. The molecule has 0 aliphatic rings. The third-order valence-electron chi connectivity index (χ3n) is 5.63. The largest absolute Gasteiger partial charge is 1.00 e. The first-order valence-corrected chi connectivity index (χ1v) is 13.2. The van der Waals surface area contributed by atoms with E-state index in [1.165, 1.54) is 94.2 Å². The van der Waals surface area contributed by atoms with Gasteiger partial charge < -0.3 is 12.4 Å². The van der Waals surface area contributed by atoms with Gasteiger partial charge >= 0.3 is 0 Å². The third kappa shape index (κ3) is 10.4. The van der Waals surface area contributed by atoms with Gasteiger partial charge in [0.05, 0.1) is 12.1 Å². The van der Waals surface area contributed by atoms with Gasteiger partial charge in [0.25, 0.3) is 5.82 Å². The van der Waals surface area contributed by atoms with E-state index >= 15 is 0 Å². The van der Waals surface area contributed by atoms with Crippen LogP contribution in [0.2, 0.25) is 0 Å². The van der Waals surface area contributed by atoms with Crippen molar-refractivity contribution < 1.29 is 17.0 Å². The second kappa shape index (κ2) is 17.7. The number of aromatic nitrogens is 2. The summed E-state index contributed by atoms with van der Waals surface area (Å²) in [5.41, 5.74) is 1.33. The van der Waals surface area contributed by atoms with Crippen molar-refractivity contribution in [3.8, 4) is 11.4 Å². The Morgan fingerprint density at radius 1 is 0.767 bits per heavy atom. The Labute approximate surface area is 196 Å². The molecule has 0 saturated heterocycles. The molecule has 30 heavy (non-hydrogen) atoms. The van der Waals surface area contributed by atoms with Crippen molar-refractivity contribution in [1.29, 1.82) is 0 Å². The van der Waals surface area contributed by atoms with E-state index < -0.39 is 0 Å². The highest BCUT2D eigenvalue weighted by Crippen LogP contribution is 2.18. The van der Waals surface area contributed by atoms with Crippen LogP contribution < -0.4 is 17.0 Å². The van der Waals surface area contributed by atoms with Crippen molar-refractivity contribution in [3.63, 3.8) is 0 Å². The van der Waals surface area contributed by atoms with Gasteiger partial charge in [-0.15, -0.1) is 11.8 Å². The maximum Gasteiger partial charge on any atom is 0.289 e. The molecule has 1 aromatic heterocycles. The number of imidazole rings is 1. The molecule has 0 spiro atoms. The van der Waals surface area contributed by atoms with Gasteiger partial charge in [-0.1, -0.05) is 89.8 Å². The summed E-state index contributed by atoms with van der Waals surface area (Å²) in [4.78, 5) is 0. The second-order valence-electron chi connectivity index (χ2n) is 8.22. The molecule has 0 bridgehead atoms. The van der Waals surface area contributed by atoms with Crippen LogP contribution in [0.3, 0.4) is 0 Å². The number of thioether (sulfide) groups is 1. The molecule has 2 aromatic rings. The van der Waals surface area contributed by atoms with Crippen LogP contribution in [0.4, 0.5) is 0 Å². The number of benzene rings is 1. The predicted octanol–water partition coefficient (Wildman–Crippen LogP) is 4.86. The van der Waals surface area contributed by atoms with Crippen LogP contribution in [0.15, 0.2) is 42.7 Å². The molecule has 0 saturated carbocycles. The fourth-order valence-electron chi connectivity index (χ4n) is 3.85. The zero-order valence-corrected chi connectivity index (χ0v) is 20.9. The Hall–Kier alpha value is -0.930. The Balaban J connectivity index is 0.00000450. The van der Waals surface area contributed by atoms with Crippen LogP contribution in [0.5, 0.6) is 0 Å². The lowest BCUT2D eigenvalue weighted by Crippen LogP contribution is -3.00. The molecular formula is C26H43ClN2S. The minimum Gasteiger partial charge on any atom is -1.00 e. The van der Waals surface area contributed by atoms with Crippen molar-refractivity contribution >= 4 is 11.8 Å². The lowest BCUT2D eigenvalue weighted by Gasteiger charge is -2.06. The van der Waals surface area contributed by atoms with E-state index in [1.807, 2.05) is 11.8 Å². The fraction of sp³-hybridized carbons (Fsp3) is 0.654. The van der Waals surface area contributed by atoms with E-state index in [0.717, 1.165) is 12.4 Å². The highest BCUT2D eigenvalue weighted by molar-refractivity contribution is 7.98. The average molecular weight is 451 g/mol. The monoisotopic (exact) mass is 450 g/mol. The molecule has 0 aliphatic carbocycles. The number of hydrogen-bond donors (Lipinski definition) is 0. The summed E-state index contributed by atoms with van der Waals surface area (Å²) in [7, 11) is 0. The summed E-state index contributed by atoms with van der Waals surface area (Å²) >= 11 is 2.05. The Bertz CT molecular complexity index is 642. The molecule has 0 atom stereocenters. The number of unbranched alkanes of at least 4 members (excludes halogenated alkanes) is 10. The van der Waals surface area contributed by atoms with E-state index in [-0.39, 0.29) is 12.4 Å². The summed E-state index contributed by atoms with van der Waals surface area (Å²) in [6.45, 7) is 5.69. The Kier molecular flexibility index (Phi) is 16.0. The zero-order chi connectivity index (χ0) is 20.6. The van der Waals surface area contributed by atoms with Gasteiger partial charge in [-0.3, -0.25) is 0 Å². The summed E-state index contributed by atoms with van der Waals surface area (Å²) in [5, 5.41) is 0. The van der Waals surface area contributed by atoms with Gasteiger partial charge in [0, 0.05) is 0 Å². The number of rotatable bonds is 17. The quantitative estimate of drug-likeness (QED) is 0.247. The molecule has 2 rings (SSSR count). The van der Waals surface area contributed by atoms with Gasteiger partial charge in [-0.05, 0) is 37.1 Å². The fourth-order valence-corrected chi connectivity index (χ4v) is 4.88. The highest BCUT2D eigenvalue weighted by Gasteiger charge is 2.18. The number of hydrogen-bond acceptors (Lipinski definition) is 1. The molecule has 0 unspecified atom stereocenters. The maximum atomic E-state index is 2.47. The van der Waals surface area contributed by atoms with E-state index in [4.69, 9.17) is 0 Å². The first-order valence-electron chi connectivity index (χ1n) is 12.1. The zero-order valence-electron chi connectivity index (χ0n) is 19.3. The molecule has 0 radical (unpaired) electrons. The second-order valence-corrected chi connectivity index (χ2v) is 9.30. The van der Waals surface area contributed by atoms with Crippen LogP contribution >= 0.6 is 11.8 Å². The van der Waals surface area contributed by atoms with Crippen molar-refractivity contribution in [2.75, 3.05) is 5.75 Å². The number of aryl methyl sites for hydroxylation is 1. The van der Waals surface area contributed by atoms with E-state index in [9.17, 15) is 0 Å². The first-order chi connectivity index (χ1) is 14.4. The van der Waals surface area contributed by atoms with Crippen LogP contribution in [0.1, 0.15) is 90.9 Å². The molecule has 0 N–H and O–H groups in total. The lowest BCUT2D eigenvalue weighted by molar-refractivity contribution is -0.664. The molecular weight excluding hydrogens is 408 g/mol. The molecule has 2 nitrogen and oxygen atoms in total. The number of nitrogens with zero attached hydrogens (tertiary/aromatic N) is 2. The molecule has 1 heterocycles. The van der Waals surface area contributed by atoms with Crippen LogP contribution in [-0.2, 0) is 12.4 Å². The molecule has 0 aliphatic heterocycles. The molecule has 0 fully saturated rings. The SMILES string of the molecule is CCCCCCCCCCCCn1cc[n+](CSCCCC)c1-c1ccccc1.[Cl-]. The minimum absolute atomic E-state index is 0. The van der Waals surface area contributed by atoms with Crippen LogP contribution in [-0.4, -0.2) is 10.3 Å². The summed E-state index contributed by atoms with van der Waals surface area (Å²) in [6.07, 6.45) is 21.1. The van der Waals surface area contributed by atoms with Crippen molar-refractivity contribution in [1.82, 2.24) is 4.57 Å². The average Bonchev–Trinajstić information content (AvgIpc) is 3.16. The number of halogens is 1. The molecule has 4 heteroatoms. The topological polar surface area (TPSA) is 8.81 Å². The van der Waals surface area contributed by atoms with Gasteiger partial charge in [0.15, 0.2) is 0 Å². The predicted molar refractivity (Wildman–Crippen MR) is 129 cm³/mol. The van der Waals surface area contributed by atoms with Gasteiger partial charge in [0.1, 0.15) is 18.3 Å².